The molecule has 2 aliphatic rings. The highest BCUT2D eigenvalue weighted by Gasteiger charge is 2.37. The van der Waals surface area contributed by atoms with Crippen molar-refractivity contribution in [2.75, 3.05) is 51.4 Å². The third kappa shape index (κ3) is 3.64. The smallest absolute Gasteiger partial charge is 0.226 e. The first kappa shape index (κ1) is 15.1. The number of rotatable bonds is 4. The number of morpholine rings is 1. The molecule has 5 heteroatoms. The lowest BCUT2D eigenvalue weighted by Crippen LogP contribution is -2.47. The zero-order valence-electron chi connectivity index (χ0n) is 12.3. The van der Waals surface area contributed by atoms with Crippen LogP contribution in [0.4, 0.5) is 0 Å². The summed E-state index contributed by atoms with van der Waals surface area (Å²) >= 11 is 1.75. The minimum Gasteiger partial charge on any atom is -0.379 e. The van der Waals surface area contributed by atoms with Crippen LogP contribution in [-0.2, 0) is 9.53 Å². The van der Waals surface area contributed by atoms with E-state index in [0.717, 1.165) is 45.1 Å². The Labute approximate surface area is 120 Å². The number of hydrogen-bond donors (Lipinski definition) is 0. The van der Waals surface area contributed by atoms with Crippen LogP contribution < -0.4 is 0 Å². The summed E-state index contributed by atoms with van der Waals surface area (Å²) in [7, 11) is 0. The van der Waals surface area contributed by atoms with Gasteiger partial charge >= 0.3 is 0 Å². The molecule has 4 nitrogen and oxygen atoms in total. The summed E-state index contributed by atoms with van der Waals surface area (Å²) in [5, 5.41) is 0. The number of carbonyl (C=O) groups excluding carboxylic acids is 1. The van der Waals surface area contributed by atoms with E-state index in [2.05, 4.69) is 23.0 Å². The van der Waals surface area contributed by atoms with Gasteiger partial charge in [-0.05, 0) is 12.2 Å². The maximum Gasteiger partial charge on any atom is 0.226 e. The van der Waals surface area contributed by atoms with Crippen LogP contribution in [0.3, 0.4) is 0 Å². The quantitative estimate of drug-likeness (QED) is 0.776. The largest absolute Gasteiger partial charge is 0.379 e. The lowest BCUT2D eigenvalue weighted by atomic mass is 10.0. The highest BCUT2D eigenvalue weighted by atomic mass is 32.2. The highest BCUT2D eigenvalue weighted by molar-refractivity contribution is 7.98. The molecule has 2 rings (SSSR count). The molecule has 2 aliphatic heterocycles. The first-order valence-electron chi connectivity index (χ1n) is 7.23. The highest BCUT2D eigenvalue weighted by Crippen LogP contribution is 2.24. The monoisotopic (exact) mass is 286 g/mol. The molecular weight excluding hydrogens is 260 g/mol. The lowest BCUT2D eigenvalue weighted by molar-refractivity contribution is -0.133. The van der Waals surface area contributed by atoms with Gasteiger partial charge in [0.2, 0.25) is 5.91 Å². The Morgan fingerprint density at radius 3 is 2.68 bits per heavy atom. The van der Waals surface area contributed by atoms with Crippen LogP contribution >= 0.6 is 11.8 Å². The molecule has 0 saturated carbocycles. The number of thioether (sulfide) groups is 1. The van der Waals surface area contributed by atoms with Crippen molar-refractivity contribution in [3.63, 3.8) is 0 Å². The molecule has 0 aromatic heterocycles. The van der Waals surface area contributed by atoms with Gasteiger partial charge in [0.1, 0.15) is 0 Å². The maximum absolute atomic E-state index is 12.4. The van der Waals surface area contributed by atoms with Crippen molar-refractivity contribution in [3.05, 3.63) is 0 Å². The first-order valence-corrected chi connectivity index (χ1v) is 8.62. The summed E-state index contributed by atoms with van der Waals surface area (Å²) in [5.41, 5.74) is 0. The lowest BCUT2D eigenvalue weighted by Gasteiger charge is -2.34. The molecule has 1 amide bonds. The van der Waals surface area contributed by atoms with Gasteiger partial charge in [-0.25, -0.2) is 0 Å². The van der Waals surface area contributed by atoms with Gasteiger partial charge in [-0.15, -0.1) is 0 Å². The molecular formula is C14H26N2O2S. The van der Waals surface area contributed by atoms with Crippen molar-refractivity contribution < 1.29 is 9.53 Å². The molecule has 0 aromatic rings. The van der Waals surface area contributed by atoms with E-state index in [9.17, 15) is 4.79 Å². The Bertz CT molecular complexity index is 308. The van der Waals surface area contributed by atoms with Crippen molar-refractivity contribution >= 4 is 17.7 Å². The van der Waals surface area contributed by atoms with E-state index in [0.29, 0.717) is 17.9 Å². The molecule has 0 unspecified atom stereocenters. The van der Waals surface area contributed by atoms with Gasteiger partial charge in [0, 0.05) is 43.9 Å². The summed E-state index contributed by atoms with van der Waals surface area (Å²) in [6.07, 6.45) is 2.06. The molecule has 110 valence electrons. The van der Waals surface area contributed by atoms with Crippen LogP contribution in [0.25, 0.3) is 0 Å². The molecule has 2 heterocycles. The number of nitrogens with zero attached hydrogens (tertiary/aromatic N) is 2. The normalized spacial score (nSPS) is 30.6. The van der Waals surface area contributed by atoms with E-state index < -0.39 is 0 Å². The molecule has 0 aromatic carbocycles. The Hall–Kier alpha value is -0.260. The van der Waals surface area contributed by atoms with Crippen LogP contribution in [0, 0.1) is 11.8 Å². The molecule has 19 heavy (non-hydrogen) atoms. The fourth-order valence-electron chi connectivity index (χ4n) is 3.15. The van der Waals surface area contributed by atoms with Crippen LogP contribution in [-0.4, -0.2) is 73.2 Å². The summed E-state index contributed by atoms with van der Waals surface area (Å²) in [5.74, 6) is 1.97. The fourth-order valence-corrected chi connectivity index (χ4v) is 3.79. The molecule has 2 saturated heterocycles. The van der Waals surface area contributed by atoms with Crippen molar-refractivity contribution in [2.24, 2.45) is 11.8 Å². The van der Waals surface area contributed by atoms with Crippen LogP contribution in [0.1, 0.15) is 13.8 Å². The van der Waals surface area contributed by atoms with Gasteiger partial charge in [0.05, 0.1) is 13.2 Å². The third-order valence-corrected chi connectivity index (χ3v) is 5.07. The van der Waals surface area contributed by atoms with E-state index >= 15 is 0 Å². The number of amides is 1. The van der Waals surface area contributed by atoms with Gasteiger partial charge in [-0.2, -0.15) is 11.8 Å². The van der Waals surface area contributed by atoms with E-state index in [-0.39, 0.29) is 5.92 Å². The maximum atomic E-state index is 12.4. The standard InChI is InChI=1S/C14H26N2O2S/c1-11-8-16(14(17)12(2)10-19-3)9-13(11)15-4-6-18-7-5-15/h11-13H,4-10H2,1-3H3/t11-,12-,13+/m0/s1. The summed E-state index contributed by atoms with van der Waals surface area (Å²) in [4.78, 5) is 17.0. The second kappa shape index (κ2) is 6.95. The molecule has 0 spiro atoms. The van der Waals surface area contributed by atoms with Crippen molar-refractivity contribution in [1.29, 1.82) is 0 Å². The van der Waals surface area contributed by atoms with E-state index in [4.69, 9.17) is 4.74 Å². The Balaban J connectivity index is 1.90. The zero-order valence-corrected chi connectivity index (χ0v) is 13.1. The van der Waals surface area contributed by atoms with E-state index in [1.54, 1.807) is 11.8 Å². The molecule has 0 radical (unpaired) electrons. The number of carbonyl (C=O) groups is 1. The molecule has 0 aliphatic carbocycles. The SMILES string of the molecule is CSC[C@H](C)C(=O)N1C[C@@H](N2CCOCC2)[C@@H](C)C1. The Morgan fingerprint density at radius 1 is 1.37 bits per heavy atom. The van der Waals surface area contributed by atoms with Crippen LogP contribution in [0.5, 0.6) is 0 Å². The van der Waals surface area contributed by atoms with Gasteiger partial charge in [0.15, 0.2) is 0 Å². The molecule has 2 fully saturated rings. The van der Waals surface area contributed by atoms with Crippen molar-refractivity contribution in [2.45, 2.75) is 19.9 Å². The number of hydrogen-bond acceptors (Lipinski definition) is 4. The van der Waals surface area contributed by atoms with Gasteiger partial charge < -0.3 is 9.64 Å². The second-order valence-electron chi connectivity index (χ2n) is 5.79. The summed E-state index contributed by atoms with van der Waals surface area (Å²) < 4.78 is 5.41. The average Bonchev–Trinajstić information content (AvgIpc) is 2.81. The Kier molecular flexibility index (Phi) is 5.54. The van der Waals surface area contributed by atoms with Gasteiger partial charge in [-0.1, -0.05) is 13.8 Å². The third-order valence-electron chi connectivity index (χ3n) is 4.24. The van der Waals surface area contributed by atoms with E-state index in [1.165, 1.54) is 0 Å². The minimum atomic E-state index is 0.144. The Morgan fingerprint density at radius 2 is 2.05 bits per heavy atom. The topological polar surface area (TPSA) is 32.8 Å². The number of ether oxygens (including phenoxy) is 1. The molecule has 0 bridgehead atoms. The van der Waals surface area contributed by atoms with E-state index in [1.807, 2.05) is 6.92 Å². The fraction of sp³-hybridized carbons (Fsp3) is 0.929. The zero-order chi connectivity index (χ0) is 13.8. The summed E-state index contributed by atoms with van der Waals surface area (Å²) in [6, 6.07) is 0.523. The average molecular weight is 286 g/mol. The van der Waals surface area contributed by atoms with Gasteiger partial charge in [-0.3, -0.25) is 9.69 Å². The minimum absolute atomic E-state index is 0.144. The second-order valence-corrected chi connectivity index (χ2v) is 6.70. The molecule has 3 atom stereocenters. The molecule has 0 N–H and O–H groups in total. The van der Waals surface area contributed by atoms with Gasteiger partial charge in [0.25, 0.3) is 0 Å². The predicted octanol–water partition coefficient (Wildman–Crippen LogP) is 1.16. The first-order chi connectivity index (χ1) is 9.13. The summed E-state index contributed by atoms with van der Waals surface area (Å²) in [6.45, 7) is 9.82. The number of likely N-dealkylation sites (tertiary alicyclic amines) is 1. The van der Waals surface area contributed by atoms with Crippen molar-refractivity contribution in [1.82, 2.24) is 9.80 Å². The van der Waals surface area contributed by atoms with Crippen LogP contribution in [0.15, 0.2) is 0 Å². The van der Waals surface area contributed by atoms with Crippen LogP contribution in [0.2, 0.25) is 0 Å². The van der Waals surface area contributed by atoms with Crippen molar-refractivity contribution in [3.8, 4) is 0 Å². The predicted molar refractivity (Wildman–Crippen MR) is 79.5 cm³/mol.